The maximum atomic E-state index is 11.2. The van der Waals surface area contributed by atoms with Gasteiger partial charge < -0.3 is 9.84 Å². The van der Waals surface area contributed by atoms with Crippen LogP contribution in [0.3, 0.4) is 0 Å². The average molecular weight is 295 g/mol. The molecular weight excluding hydrogens is 274 g/mol. The summed E-state index contributed by atoms with van der Waals surface area (Å²) in [5, 5.41) is 12.5. The molecule has 4 nitrogen and oxygen atoms in total. The van der Waals surface area contributed by atoms with Gasteiger partial charge in [0.2, 0.25) is 0 Å². The average Bonchev–Trinajstić information content (AvgIpc) is 2.91. The molecule has 1 saturated heterocycles. The van der Waals surface area contributed by atoms with Gasteiger partial charge in [-0.05, 0) is 24.1 Å². The number of hydrogen-bond donors (Lipinski definition) is 2. The lowest BCUT2D eigenvalue weighted by Gasteiger charge is -2.30. The van der Waals surface area contributed by atoms with Crippen LogP contribution in [0.15, 0.2) is 24.3 Å². The number of benzene rings is 1. The zero-order valence-electron chi connectivity index (χ0n) is 11.9. The number of ether oxygens (including phenoxy) is 1. The fourth-order valence-corrected chi connectivity index (χ4v) is 3.96. The molecule has 0 radical (unpaired) electrons. The van der Waals surface area contributed by atoms with Crippen molar-refractivity contribution in [2.45, 2.75) is 37.1 Å². The van der Waals surface area contributed by atoms with Crippen molar-refractivity contribution < 1.29 is 14.6 Å². The van der Waals surface area contributed by atoms with E-state index in [-0.39, 0.29) is 4.87 Å². The maximum Gasteiger partial charge on any atom is 0.321 e. The number of rotatable bonds is 6. The number of carboxylic acid groups (broad SMARTS) is 1. The van der Waals surface area contributed by atoms with Crippen molar-refractivity contribution >= 4 is 17.7 Å². The van der Waals surface area contributed by atoms with Crippen LogP contribution in [0.2, 0.25) is 0 Å². The number of nitrogens with one attached hydrogen (secondary N) is 1. The molecule has 2 atom stereocenters. The molecule has 2 N–H and O–H groups in total. The molecule has 1 aliphatic rings. The number of carbonyl (C=O) groups is 1. The Kier molecular flexibility index (Phi) is 4.94. The molecule has 5 heteroatoms. The number of aliphatic carboxylic acids is 1. The highest BCUT2D eigenvalue weighted by Gasteiger charge is 2.42. The Hall–Kier alpha value is -1.20. The second-order valence-corrected chi connectivity index (χ2v) is 6.33. The van der Waals surface area contributed by atoms with Gasteiger partial charge in [0, 0.05) is 5.75 Å². The van der Waals surface area contributed by atoms with Crippen molar-refractivity contribution in [3.05, 3.63) is 29.8 Å². The van der Waals surface area contributed by atoms with E-state index >= 15 is 0 Å². The van der Waals surface area contributed by atoms with E-state index in [9.17, 15) is 9.90 Å². The molecule has 2 unspecified atom stereocenters. The van der Waals surface area contributed by atoms with Gasteiger partial charge in [-0.1, -0.05) is 31.9 Å². The first-order chi connectivity index (χ1) is 9.61. The van der Waals surface area contributed by atoms with Crippen LogP contribution in [-0.4, -0.2) is 30.0 Å². The number of hydrogen-bond acceptors (Lipinski definition) is 4. The third-order valence-electron chi connectivity index (χ3n) is 3.62. The van der Waals surface area contributed by atoms with Gasteiger partial charge in [-0.15, -0.1) is 11.8 Å². The monoisotopic (exact) mass is 295 g/mol. The lowest BCUT2D eigenvalue weighted by molar-refractivity contribution is -0.138. The summed E-state index contributed by atoms with van der Waals surface area (Å²) in [6.45, 7) is 2.15. The number of methoxy groups -OCH3 is 1. The van der Waals surface area contributed by atoms with Crippen LogP contribution in [0.25, 0.3) is 0 Å². The SMILES string of the molecule is CCCCC1(c2cccc(OC)c2)NC(C(=O)O)CS1. The molecule has 1 aromatic carbocycles. The highest BCUT2D eigenvalue weighted by molar-refractivity contribution is 8.00. The first-order valence-electron chi connectivity index (χ1n) is 6.90. The summed E-state index contributed by atoms with van der Waals surface area (Å²) in [6.07, 6.45) is 3.07. The van der Waals surface area contributed by atoms with Gasteiger partial charge in [0.1, 0.15) is 11.8 Å². The summed E-state index contributed by atoms with van der Waals surface area (Å²) in [7, 11) is 1.65. The quantitative estimate of drug-likeness (QED) is 0.845. The fourth-order valence-electron chi connectivity index (χ4n) is 2.48. The fraction of sp³-hybridized carbons (Fsp3) is 0.533. The molecule has 0 saturated carbocycles. The molecule has 1 aliphatic heterocycles. The molecule has 0 bridgehead atoms. The summed E-state index contributed by atoms with van der Waals surface area (Å²) >= 11 is 1.69. The predicted octanol–water partition coefficient (Wildman–Crippen LogP) is 2.83. The standard InChI is InChI=1S/C15H21NO3S/c1-3-4-8-15(16-13(10-20-15)14(17)18)11-6-5-7-12(9-11)19-2/h5-7,9,13,16H,3-4,8,10H2,1-2H3,(H,17,18). The minimum Gasteiger partial charge on any atom is -0.497 e. The molecule has 1 heterocycles. The lowest BCUT2D eigenvalue weighted by Crippen LogP contribution is -2.43. The Bertz CT molecular complexity index is 480. The van der Waals surface area contributed by atoms with Gasteiger partial charge >= 0.3 is 5.97 Å². The summed E-state index contributed by atoms with van der Waals surface area (Å²) in [5.74, 6) is 0.620. The van der Waals surface area contributed by atoms with Crippen LogP contribution in [0.1, 0.15) is 31.7 Å². The van der Waals surface area contributed by atoms with E-state index in [2.05, 4.69) is 12.2 Å². The van der Waals surface area contributed by atoms with Crippen molar-refractivity contribution in [1.29, 1.82) is 0 Å². The van der Waals surface area contributed by atoms with Gasteiger partial charge in [-0.2, -0.15) is 0 Å². The topological polar surface area (TPSA) is 58.6 Å². The summed E-state index contributed by atoms with van der Waals surface area (Å²) in [4.78, 5) is 10.9. The number of thioether (sulfide) groups is 1. The van der Waals surface area contributed by atoms with Crippen molar-refractivity contribution in [3.63, 3.8) is 0 Å². The first-order valence-corrected chi connectivity index (χ1v) is 7.89. The highest BCUT2D eigenvalue weighted by atomic mass is 32.2. The maximum absolute atomic E-state index is 11.2. The lowest BCUT2D eigenvalue weighted by atomic mass is 9.99. The molecule has 0 aliphatic carbocycles. The molecule has 1 fully saturated rings. The van der Waals surface area contributed by atoms with Crippen LogP contribution in [0, 0.1) is 0 Å². The van der Waals surface area contributed by atoms with Crippen molar-refractivity contribution in [1.82, 2.24) is 5.32 Å². The van der Waals surface area contributed by atoms with Crippen molar-refractivity contribution in [3.8, 4) is 5.75 Å². The molecule has 2 rings (SSSR count). The highest BCUT2D eigenvalue weighted by Crippen LogP contribution is 2.44. The van der Waals surface area contributed by atoms with Crippen LogP contribution in [-0.2, 0) is 9.67 Å². The third-order valence-corrected chi connectivity index (χ3v) is 5.17. The van der Waals surface area contributed by atoms with Crippen molar-refractivity contribution in [2.75, 3.05) is 12.9 Å². The Morgan fingerprint density at radius 3 is 3.00 bits per heavy atom. The molecule has 110 valence electrons. The molecule has 0 spiro atoms. The Balaban J connectivity index is 2.29. The second kappa shape index (κ2) is 6.50. The number of carboxylic acids is 1. The van der Waals surface area contributed by atoms with E-state index < -0.39 is 12.0 Å². The molecule has 0 amide bonds. The Morgan fingerprint density at radius 1 is 1.60 bits per heavy atom. The Morgan fingerprint density at radius 2 is 2.40 bits per heavy atom. The predicted molar refractivity (Wildman–Crippen MR) is 81.2 cm³/mol. The zero-order valence-corrected chi connectivity index (χ0v) is 12.7. The summed E-state index contributed by atoms with van der Waals surface area (Å²) in [6, 6.07) is 7.43. The molecule has 20 heavy (non-hydrogen) atoms. The van der Waals surface area contributed by atoms with Crippen LogP contribution >= 0.6 is 11.8 Å². The van der Waals surface area contributed by atoms with E-state index in [0.717, 1.165) is 30.6 Å². The van der Waals surface area contributed by atoms with Gasteiger partial charge in [0.25, 0.3) is 0 Å². The first kappa shape index (κ1) is 15.2. The summed E-state index contributed by atoms with van der Waals surface area (Å²) < 4.78 is 5.28. The van der Waals surface area contributed by atoms with Gasteiger partial charge in [-0.3, -0.25) is 10.1 Å². The number of unbranched alkanes of at least 4 members (excludes halogenated alkanes) is 1. The molecule has 1 aromatic rings. The van der Waals surface area contributed by atoms with E-state index in [1.165, 1.54) is 0 Å². The van der Waals surface area contributed by atoms with Crippen LogP contribution in [0.5, 0.6) is 5.75 Å². The van der Waals surface area contributed by atoms with E-state index in [4.69, 9.17) is 4.74 Å². The minimum absolute atomic E-state index is 0.312. The normalized spacial score (nSPS) is 25.6. The summed E-state index contributed by atoms with van der Waals surface area (Å²) in [5.41, 5.74) is 1.10. The van der Waals surface area contributed by atoms with E-state index in [1.54, 1.807) is 18.9 Å². The van der Waals surface area contributed by atoms with Crippen LogP contribution < -0.4 is 10.1 Å². The smallest absolute Gasteiger partial charge is 0.321 e. The largest absolute Gasteiger partial charge is 0.497 e. The van der Waals surface area contributed by atoms with Gasteiger partial charge in [0.15, 0.2) is 0 Å². The zero-order chi connectivity index (χ0) is 14.6. The molecular formula is C15H21NO3S. The van der Waals surface area contributed by atoms with E-state index in [0.29, 0.717) is 5.75 Å². The second-order valence-electron chi connectivity index (χ2n) is 5.01. The van der Waals surface area contributed by atoms with E-state index in [1.807, 2.05) is 24.3 Å². The van der Waals surface area contributed by atoms with Crippen LogP contribution in [0.4, 0.5) is 0 Å². The van der Waals surface area contributed by atoms with Crippen molar-refractivity contribution in [2.24, 2.45) is 0 Å². The molecule has 0 aromatic heterocycles. The van der Waals surface area contributed by atoms with Gasteiger partial charge in [0.05, 0.1) is 12.0 Å². The Labute approximate surface area is 123 Å². The van der Waals surface area contributed by atoms with Gasteiger partial charge in [-0.25, -0.2) is 0 Å². The minimum atomic E-state index is -0.779. The third kappa shape index (κ3) is 3.10.